The number of carbonyl (C=O) groups excluding carboxylic acids is 1. The molecule has 5 nitrogen and oxygen atoms in total. The second-order valence-electron chi connectivity index (χ2n) is 5.61. The van der Waals surface area contributed by atoms with Crippen LogP contribution < -0.4 is 0 Å². The van der Waals surface area contributed by atoms with Crippen LogP contribution >= 0.6 is 11.6 Å². The fourth-order valence-corrected chi connectivity index (χ4v) is 2.82. The lowest BCUT2D eigenvalue weighted by molar-refractivity contribution is 0.0971. The quantitative estimate of drug-likeness (QED) is 0.695. The number of aliphatic imine (C=N–C) groups is 1. The molecule has 6 heteroatoms. The lowest BCUT2D eigenvalue weighted by Gasteiger charge is -2.14. The van der Waals surface area contributed by atoms with Crippen LogP contribution in [0.15, 0.2) is 52.0 Å². The molecular formula is C18H12ClN3O2. The fourth-order valence-electron chi connectivity index (χ4n) is 2.63. The number of nitrogens with zero attached hydrogens (tertiary/aromatic N) is 3. The molecule has 24 heavy (non-hydrogen) atoms. The fraction of sp³-hybridized carbons (Fsp3) is 0.111. The van der Waals surface area contributed by atoms with Crippen molar-refractivity contribution in [1.29, 1.82) is 0 Å². The van der Waals surface area contributed by atoms with Gasteiger partial charge in [-0.2, -0.15) is 4.98 Å². The van der Waals surface area contributed by atoms with E-state index in [4.69, 9.17) is 16.1 Å². The standard InChI is InChI=1S/C18H12ClN3O2/c1-10-5-6-15-13(7-10)16(23)14(9-20-15)18-21-17(22-24-18)11-3-2-4-12(19)8-11/h2-9,14H,1H3. The Kier molecular flexibility index (Phi) is 3.50. The van der Waals surface area contributed by atoms with Gasteiger partial charge in [0, 0.05) is 22.4 Å². The second kappa shape index (κ2) is 5.69. The van der Waals surface area contributed by atoms with Gasteiger partial charge < -0.3 is 4.52 Å². The van der Waals surface area contributed by atoms with Gasteiger partial charge in [0.25, 0.3) is 0 Å². The summed E-state index contributed by atoms with van der Waals surface area (Å²) in [5.41, 5.74) is 2.97. The van der Waals surface area contributed by atoms with Gasteiger partial charge in [-0.1, -0.05) is 40.5 Å². The highest BCUT2D eigenvalue weighted by Crippen LogP contribution is 2.31. The molecule has 0 aliphatic carbocycles. The van der Waals surface area contributed by atoms with Crippen LogP contribution in [0, 0.1) is 6.92 Å². The minimum atomic E-state index is -0.667. The van der Waals surface area contributed by atoms with Crippen LogP contribution in [0.4, 0.5) is 5.69 Å². The zero-order chi connectivity index (χ0) is 16.7. The Labute approximate surface area is 143 Å². The maximum absolute atomic E-state index is 12.7. The number of benzene rings is 2. The van der Waals surface area contributed by atoms with Crippen molar-refractivity contribution in [3.8, 4) is 11.4 Å². The van der Waals surface area contributed by atoms with Crippen molar-refractivity contribution in [2.45, 2.75) is 12.8 Å². The summed E-state index contributed by atoms with van der Waals surface area (Å²) in [5, 5.41) is 4.53. The van der Waals surface area contributed by atoms with Crippen LogP contribution in [0.3, 0.4) is 0 Å². The number of rotatable bonds is 2. The molecule has 2 heterocycles. The number of fused-ring (bicyclic) bond motifs is 1. The average molecular weight is 338 g/mol. The molecule has 2 aromatic carbocycles. The van der Waals surface area contributed by atoms with Crippen LogP contribution in [0.25, 0.3) is 11.4 Å². The lowest BCUT2D eigenvalue weighted by Crippen LogP contribution is -2.18. The van der Waals surface area contributed by atoms with Gasteiger partial charge in [0.15, 0.2) is 5.78 Å². The van der Waals surface area contributed by atoms with Crippen molar-refractivity contribution >= 4 is 29.3 Å². The van der Waals surface area contributed by atoms with Crippen molar-refractivity contribution < 1.29 is 9.32 Å². The molecule has 1 aliphatic heterocycles. The van der Waals surface area contributed by atoms with Gasteiger partial charge in [0.2, 0.25) is 11.7 Å². The Bertz CT molecular complexity index is 978. The predicted molar refractivity (Wildman–Crippen MR) is 91.1 cm³/mol. The van der Waals surface area contributed by atoms with Gasteiger partial charge in [0.1, 0.15) is 5.92 Å². The van der Waals surface area contributed by atoms with Crippen LogP contribution in [-0.2, 0) is 0 Å². The van der Waals surface area contributed by atoms with Crippen LogP contribution in [0.2, 0.25) is 5.02 Å². The SMILES string of the molecule is Cc1ccc2c(c1)C(=O)C(c1nc(-c3cccc(Cl)c3)no1)C=N2. The maximum Gasteiger partial charge on any atom is 0.243 e. The molecule has 4 rings (SSSR count). The number of Topliss-reactive ketones (excluding diaryl/α,β-unsaturated/α-hetero) is 1. The number of hydrogen-bond donors (Lipinski definition) is 0. The molecule has 1 aromatic heterocycles. The number of hydrogen-bond acceptors (Lipinski definition) is 5. The summed E-state index contributed by atoms with van der Waals surface area (Å²) in [6.07, 6.45) is 1.55. The molecule has 0 fully saturated rings. The Hall–Kier alpha value is -2.79. The first kappa shape index (κ1) is 14.8. The molecule has 1 unspecified atom stereocenters. The molecule has 0 bridgehead atoms. The minimum absolute atomic E-state index is 0.0926. The molecule has 1 atom stereocenters. The summed E-state index contributed by atoms with van der Waals surface area (Å²) in [6.45, 7) is 1.94. The highest BCUT2D eigenvalue weighted by molar-refractivity contribution is 6.30. The molecule has 0 saturated carbocycles. The first-order valence-corrected chi connectivity index (χ1v) is 7.78. The lowest BCUT2D eigenvalue weighted by atomic mass is 9.93. The third kappa shape index (κ3) is 2.53. The smallest absolute Gasteiger partial charge is 0.243 e. The summed E-state index contributed by atoms with van der Waals surface area (Å²) in [7, 11) is 0. The zero-order valence-corrected chi connectivity index (χ0v) is 13.5. The van der Waals surface area contributed by atoms with Gasteiger partial charge in [0.05, 0.1) is 5.69 Å². The molecule has 118 valence electrons. The van der Waals surface area contributed by atoms with E-state index in [2.05, 4.69) is 15.1 Å². The summed E-state index contributed by atoms with van der Waals surface area (Å²) in [4.78, 5) is 21.4. The van der Waals surface area contributed by atoms with Gasteiger partial charge in [-0.05, 0) is 31.2 Å². The zero-order valence-electron chi connectivity index (χ0n) is 12.7. The van der Waals surface area contributed by atoms with E-state index in [1.807, 2.05) is 31.2 Å². The third-order valence-corrected chi connectivity index (χ3v) is 4.09. The predicted octanol–water partition coefficient (Wildman–Crippen LogP) is 4.38. The van der Waals surface area contributed by atoms with Crippen LogP contribution in [0.1, 0.15) is 27.7 Å². The average Bonchev–Trinajstić information content (AvgIpc) is 3.05. The minimum Gasteiger partial charge on any atom is -0.338 e. The molecule has 0 N–H and O–H groups in total. The number of carbonyl (C=O) groups is 1. The molecule has 1 aliphatic rings. The molecule has 0 amide bonds. The number of halogens is 1. The van der Waals surface area contributed by atoms with Crippen molar-refractivity contribution in [1.82, 2.24) is 10.1 Å². The summed E-state index contributed by atoms with van der Waals surface area (Å²) in [6, 6.07) is 12.7. The van der Waals surface area contributed by atoms with E-state index in [1.54, 1.807) is 24.4 Å². The Morgan fingerprint density at radius 1 is 1.17 bits per heavy atom. The monoisotopic (exact) mass is 337 g/mol. The third-order valence-electron chi connectivity index (χ3n) is 3.85. The van der Waals surface area contributed by atoms with Crippen LogP contribution in [-0.4, -0.2) is 22.1 Å². The van der Waals surface area contributed by atoms with Gasteiger partial charge >= 0.3 is 0 Å². The van der Waals surface area contributed by atoms with Gasteiger partial charge in [-0.3, -0.25) is 9.79 Å². The summed E-state index contributed by atoms with van der Waals surface area (Å²) in [5.74, 6) is -0.139. The van der Waals surface area contributed by atoms with E-state index in [-0.39, 0.29) is 11.7 Å². The van der Waals surface area contributed by atoms with E-state index < -0.39 is 5.92 Å². The number of aryl methyl sites for hydroxylation is 1. The van der Waals surface area contributed by atoms with E-state index >= 15 is 0 Å². The first-order chi connectivity index (χ1) is 11.6. The molecule has 3 aromatic rings. The second-order valence-corrected chi connectivity index (χ2v) is 6.04. The van der Waals surface area contributed by atoms with Crippen molar-refractivity contribution in [2.24, 2.45) is 4.99 Å². The van der Waals surface area contributed by atoms with Gasteiger partial charge in [-0.15, -0.1) is 0 Å². The van der Waals surface area contributed by atoms with E-state index in [0.717, 1.165) is 11.1 Å². The van der Waals surface area contributed by atoms with E-state index in [9.17, 15) is 4.79 Å². The van der Waals surface area contributed by atoms with Gasteiger partial charge in [-0.25, -0.2) is 0 Å². The van der Waals surface area contributed by atoms with E-state index in [0.29, 0.717) is 22.1 Å². The number of ketones is 1. The number of aromatic nitrogens is 2. The largest absolute Gasteiger partial charge is 0.338 e. The Morgan fingerprint density at radius 2 is 2.04 bits per heavy atom. The molecule has 0 saturated heterocycles. The first-order valence-electron chi connectivity index (χ1n) is 7.40. The topological polar surface area (TPSA) is 68.3 Å². The Morgan fingerprint density at radius 3 is 2.88 bits per heavy atom. The maximum atomic E-state index is 12.7. The van der Waals surface area contributed by atoms with E-state index in [1.165, 1.54) is 0 Å². The molecular weight excluding hydrogens is 326 g/mol. The van der Waals surface area contributed by atoms with Crippen molar-refractivity contribution in [3.05, 3.63) is 64.5 Å². The van der Waals surface area contributed by atoms with Crippen LogP contribution in [0.5, 0.6) is 0 Å². The summed E-state index contributed by atoms with van der Waals surface area (Å²) >= 11 is 5.98. The summed E-state index contributed by atoms with van der Waals surface area (Å²) < 4.78 is 5.30. The van der Waals surface area contributed by atoms with Crippen molar-refractivity contribution in [2.75, 3.05) is 0 Å². The molecule has 0 radical (unpaired) electrons. The molecule has 0 spiro atoms. The highest BCUT2D eigenvalue weighted by atomic mass is 35.5. The van der Waals surface area contributed by atoms with Crippen molar-refractivity contribution in [3.63, 3.8) is 0 Å². The normalized spacial score (nSPS) is 16.2. The highest BCUT2D eigenvalue weighted by Gasteiger charge is 2.31. The Balaban J connectivity index is 1.70.